The molecule has 0 spiro atoms. The highest BCUT2D eigenvalue weighted by atomic mass is 35.5. The van der Waals surface area contributed by atoms with Crippen molar-refractivity contribution < 1.29 is 17.6 Å². The third kappa shape index (κ3) is 7.13. The summed E-state index contributed by atoms with van der Waals surface area (Å²) in [5.74, 6) is -0.766. The Morgan fingerprint density at radius 2 is 1.79 bits per heavy atom. The van der Waals surface area contributed by atoms with Crippen LogP contribution in [0.3, 0.4) is 0 Å². The van der Waals surface area contributed by atoms with Crippen molar-refractivity contribution in [2.24, 2.45) is 0 Å². The van der Waals surface area contributed by atoms with Gasteiger partial charge in [-0.15, -0.1) is 0 Å². The fourth-order valence-corrected chi connectivity index (χ4v) is 3.85. The standard InChI is InChI=1S/C20H24ClFN2O3S/c1-28(26,27)24(19-8-3-2-7-18(19)22)15-5-9-20(25)23-14-4-6-16-10-12-17(21)13-11-16/h2-3,7-8,10-13H,4-6,9,14-15H2,1H3,(H,23,25). The molecule has 8 heteroatoms. The number of hydrogen-bond donors (Lipinski definition) is 1. The summed E-state index contributed by atoms with van der Waals surface area (Å²) < 4.78 is 38.9. The topological polar surface area (TPSA) is 66.5 Å². The average Bonchev–Trinajstić information content (AvgIpc) is 2.64. The molecule has 0 aliphatic rings. The van der Waals surface area contributed by atoms with Gasteiger partial charge in [0.2, 0.25) is 15.9 Å². The van der Waals surface area contributed by atoms with Crippen LogP contribution in [0.2, 0.25) is 5.02 Å². The maximum Gasteiger partial charge on any atom is 0.232 e. The number of benzene rings is 2. The molecule has 0 saturated heterocycles. The van der Waals surface area contributed by atoms with Crippen molar-refractivity contribution in [3.63, 3.8) is 0 Å². The number of aryl methyl sites for hydroxylation is 1. The largest absolute Gasteiger partial charge is 0.356 e. The molecule has 0 saturated carbocycles. The van der Waals surface area contributed by atoms with E-state index in [1.54, 1.807) is 6.07 Å². The Balaban J connectivity index is 1.75. The molecule has 2 rings (SSSR count). The van der Waals surface area contributed by atoms with Gasteiger partial charge in [0, 0.05) is 24.5 Å². The van der Waals surface area contributed by atoms with Gasteiger partial charge in [-0.3, -0.25) is 9.10 Å². The summed E-state index contributed by atoms with van der Waals surface area (Å²) in [6, 6.07) is 13.3. The first-order valence-electron chi connectivity index (χ1n) is 9.01. The van der Waals surface area contributed by atoms with E-state index in [2.05, 4.69) is 5.32 Å². The normalized spacial score (nSPS) is 11.2. The van der Waals surface area contributed by atoms with Gasteiger partial charge in [-0.05, 0) is 49.1 Å². The zero-order valence-corrected chi connectivity index (χ0v) is 17.3. The van der Waals surface area contributed by atoms with Crippen molar-refractivity contribution in [1.29, 1.82) is 0 Å². The van der Waals surface area contributed by atoms with Crippen LogP contribution >= 0.6 is 11.6 Å². The lowest BCUT2D eigenvalue weighted by Crippen LogP contribution is -2.33. The molecule has 0 aliphatic heterocycles. The fraction of sp³-hybridized carbons (Fsp3) is 0.350. The SMILES string of the molecule is CS(=O)(=O)N(CCCC(=O)NCCCc1ccc(Cl)cc1)c1ccccc1F. The van der Waals surface area contributed by atoms with Crippen molar-refractivity contribution in [3.8, 4) is 0 Å². The number of rotatable bonds is 10. The number of carbonyl (C=O) groups excluding carboxylic acids is 1. The van der Waals surface area contributed by atoms with Gasteiger partial charge >= 0.3 is 0 Å². The van der Waals surface area contributed by atoms with E-state index >= 15 is 0 Å². The summed E-state index contributed by atoms with van der Waals surface area (Å²) in [6.45, 7) is 0.572. The predicted molar refractivity (Wildman–Crippen MR) is 111 cm³/mol. The first-order chi connectivity index (χ1) is 13.3. The van der Waals surface area contributed by atoms with E-state index in [-0.39, 0.29) is 24.6 Å². The highest BCUT2D eigenvalue weighted by Gasteiger charge is 2.20. The summed E-state index contributed by atoms with van der Waals surface area (Å²) in [5.41, 5.74) is 1.14. The molecule has 1 N–H and O–H groups in total. The highest BCUT2D eigenvalue weighted by molar-refractivity contribution is 7.92. The smallest absolute Gasteiger partial charge is 0.232 e. The van der Waals surface area contributed by atoms with Crippen LogP contribution < -0.4 is 9.62 Å². The van der Waals surface area contributed by atoms with E-state index in [4.69, 9.17) is 11.6 Å². The van der Waals surface area contributed by atoms with Gasteiger partial charge < -0.3 is 5.32 Å². The molecule has 152 valence electrons. The molecule has 0 aliphatic carbocycles. The molecule has 2 aromatic rings. The third-order valence-corrected chi connectivity index (χ3v) is 5.60. The van der Waals surface area contributed by atoms with Crippen molar-refractivity contribution in [1.82, 2.24) is 5.32 Å². The molecule has 2 aromatic carbocycles. The lowest BCUT2D eigenvalue weighted by atomic mass is 10.1. The molecule has 5 nitrogen and oxygen atoms in total. The Labute approximate surface area is 170 Å². The zero-order valence-electron chi connectivity index (χ0n) is 15.7. The molecule has 0 heterocycles. The molecule has 0 aromatic heterocycles. The summed E-state index contributed by atoms with van der Waals surface area (Å²) in [7, 11) is -3.64. The molecule has 28 heavy (non-hydrogen) atoms. The van der Waals surface area contributed by atoms with Gasteiger partial charge in [0.05, 0.1) is 11.9 Å². The van der Waals surface area contributed by atoms with Crippen LogP contribution in [0.5, 0.6) is 0 Å². The van der Waals surface area contributed by atoms with Crippen LogP contribution in [-0.2, 0) is 21.2 Å². The lowest BCUT2D eigenvalue weighted by molar-refractivity contribution is -0.121. The van der Waals surface area contributed by atoms with Crippen LogP contribution in [0.1, 0.15) is 24.8 Å². The Morgan fingerprint density at radius 3 is 2.43 bits per heavy atom. The maximum atomic E-state index is 13.9. The van der Waals surface area contributed by atoms with Crippen LogP contribution in [-0.4, -0.2) is 33.7 Å². The summed E-state index contributed by atoms with van der Waals surface area (Å²) in [5, 5.41) is 3.51. The van der Waals surface area contributed by atoms with Crippen molar-refractivity contribution in [2.45, 2.75) is 25.7 Å². The first kappa shape index (κ1) is 22.2. The molecule has 0 bridgehead atoms. The van der Waals surface area contributed by atoms with E-state index in [0.717, 1.165) is 29.0 Å². The molecule has 1 amide bonds. The number of amides is 1. The second-order valence-electron chi connectivity index (χ2n) is 6.47. The Hall–Kier alpha value is -2.12. The summed E-state index contributed by atoms with van der Waals surface area (Å²) in [6.07, 6.45) is 3.10. The van der Waals surface area contributed by atoms with E-state index in [1.165, 1.54) is 18.2 Å². The highest BCUT2D eigenvalue weighted by Crippen LogP contribution is 2.21. The minimum atomic E-state index is -3.64. The fourth-order valence-electron chi connectivity index (χ4n) is 2.76. The first-order valence-corrected chi connectivity index (χ1v) is 11.2. The number of carbonyl (C=O) groups is 1. The number of hydrogen-bond acceptors (Lipinski definition) is 3. The third-order valence-electron chi connectivity index (χ3n) is 4.16. The van der Waals surface area contributed by atoms with Gasteiger partial charge in [0.1, 0.15) is 5.82 Å². The van der Waals surface area contributed by atoms with Crippen LogP contribution in [0.25, 0.3) is 0 Å². The minimum absolute atomic E-state index is 0.00614. The van der Waals surface area contributed by atoms with E-state index in [0.29, 0.717) is 18.0 Å². The second kappa shape index (κ2) is 10.4. The second-order valence-corrected chi connectivity index (χ2v) is 8.81. The van der Waals surface area contributed by atoms with Gasteiger partial charge in [-0.1, -0.05) is 35.9 Å². The number of nitrogens with zero attached hydrogens (tertiary/aromatic N) is 1. The van der Waals surface area contributed by atoms with Crippen molar-refractivity contribution in [3.05, 3.63) is 64.9 Å². The number of nitrogens with one attached hydrogen (secondary N) is 1. The van der Waals surface area contributed by atoms with Crippen LogP contribution in [0, 0.1) is 5.82 Å². The average molecular weight is 427 g/mol. The predicted octanol–water partition coefficient (Wildman–Crippen LogP) is 3.77. The Morgan fingerprint density at radius 1 is 1.11 bits per heavy atom. The number of anilines is 1. The molecule has 0 atom stereocenters. The summed E-state index contributed by atoms with van der Waals surface area (Å²) in [4.78, 5) is 12.0. The molecular formula is C20H24ClFN2O3S. The van der Waals surface area contributed by atoms with Crippen molar-refractivity contribution in [2.75, 3.05) is 23.7 Å². The molecule has 0 fully saturated rings. The molecule has 0 unspecified atom stereocenters. The molecule has 0 radical (unpaired) electrons. The quantitative estimate of drug-likeness (QED) is 0.588. The number of halogens is 2. The van der Waals surface area contributed by atoms with Crippen molar-refractivity contribution >= 4 is 33.2 Å². The van der Waals surface area contributed by atoms with Gasteiger partial charge in [-0.25, -0.2) is 12.8 Å². The minimum Gasteiger partial charge on any atom is -0.356 e. The van der Waals surface area contributed by atoms with Crippen LogP contribution in [0.4, 0.5) is 10.1 Å². The van der Waals surface area contributed by atoms with E-state index in [9.17, 15) is 17.6 Å². The zero-order chi connectivity index (χ0) is 20.6. The number of para-hydroxylation sites is 1. The van der Waals surface area contributed by atoms with Gasteiger partial charge in [0.15, 0.2) is 0 Å². The Kier molecular flexibility index (Phi) is 8.26. The van der Waals surface area contributed by atoms with E-state index < -0.39 is 15.8 Å². The maximum absolute atomic E-state index is 13.9. The van der Waals surface area contributed by atoms with E-state index in [1.807, 2.05) is 24.3 Å². The van der Waals surface area contributed by atoms with Crippen LogP contribution in [0.15, 0.2) is 48.5 Å². The molecular weight excluding hydrogens is 403 g/mol. The van der Waals surface area contributed by atoms with Gasteiger partial charge in [0.25, 0.3) is 0 Å². The van der Waals surface area contributed by atoms with Gasteiger partial charge in [-0.2, -0.15) is 0 Å². The summed E-state index contributed by atoms with van der Waals surface area (Å²) >= 11 is 5.84. The monoisotopic (exact) mass is 426 g/mol. The lowest BCUT2D eigenvalue weighted by Gasteiger charge is -2.22. The Bertz CT molecular complexity index is 889. The number of sulfonamides is 1.